The van der Waals surface area contributed by atoms with E-state index in [0.29, 0.717) is 16.7 Å². The van der Waals surface area contributed by atoms with Gasteiger partial charge in [0.1, 0.15) is 5.69 Å². The Morgan fingerprint density at radius 2 is 2.09 bits per heavy atom. The van der Waals surface area contributed by atoms with E-state index in [-0.39, 0.29) is 11.8 Å². The fourth-order valence-electron chi connectivity index (χ4n) is 2.67. The summed E-state index contributed by atoms with van der Waals surface area (Å²) in [5.74, 6) is 0.335. The number of thiophene rings is 1. The molecule has 2 amide bonds. The van der Waals surface area contributed by atoms with Crippen molar-refractivity contribution in [2.45, 2.75) is 25.7 Å². The molecule has 0 radical (unpaired) electrons. The lowest BCUT2D eigenvalue weighted by atomic mass is 9.91. The Morgan fingerprint density at radius 3 is 2.73 bits per heavy atom. The van der Waals surface area contributed by atoms with E-state index < -0.39 is 0 Å². The van der Waals surface area contributed by atoms with Crippen LogP contribution >= 0.6 is 22.7 Å². The summed E-state index contributed by atoms with van der Waals surface area (Å²) in [6.07, 6.45) is 1.98. The zero-order chi connectivity index (χ0) is 15.5. The van der Waals surface area contributed by atoms with Crippen molar-refractivity contribution in [2.75, 3.05) is 18.4 Å². The minimum atomic E-state index is -0.176. The van der Waals surface area contributed by atoms with Gasteiger partial charge < -0.3 is 10.2 Å². The first-order valence-electron chi connectivity index (χ1n) is 7.18. The van der Waals surface area contributed by atoms with Crippen LogP contribution in [0, 0.1) is 0 Å². The van der Waals surface area contributed by atoms with Crippen molar-refractivity contribution in [3.63, 3.8) is 0 Å². The van der Waals surface area contributed by atoms with Gasteiger partial charge in [-0.15, -0.1) is 11.3 Å². The van der Waals surface area contributed by atoms with E-state index in [0.717, 1.165) is 25.9 Å². The summed E-state index contributed by atoms with van der Waals surface area (Å²) in [4.78, 5) is 29.5. The Bertz CT molecular complexity index is 658. The zero-order valence-corrected chi connectivity index (χ0v) is 13.9. The lowest BCUT2D eigenvalue weighted by Gasteiger charge is -2.31. The SMILES string of the molecule is CC(=O)Nc1nc(C(=O)N2CCC(c3ccsc3)CC2)cs1. The first-order chi connectivity index (χ1) is 10.6. The fourth-order valence-corrected chi connectivity index (χ4v) is 4.14. The molecule has 0 aliphatic carbocycles. The molecule has 0 atom stereocenters. The maximum Gasteiger partial charge on any atom is 0.273 e. The van der Waals surface area contributed by atoms with Gasteiger partial charge in [-0.2, -0.15) is 11.3 Å². The molecule has 7 heteroatoms. The number of carbonyl (C=O) groups excluding carboxylic acids is 2. The fraction of sp³-hybridized carbons (Fsp3) is 0.400. The van der Waals surface area contributed by atoms with Crippen molar-refractivity contribution in [3.8, 4) is 0 Å². The molecule has 1 aliphatic heterocycles. The van der Waals surface area contributed by atoms with Gasteiger partial charge in [0.2, 0.25) is 5.91 Å². The lowest BCUT2D eigenvalue weighted by molar-refractivity contribution is -0.114. The quantitative estimate of drug-likeness (QED) is 0.937. The third-order valence-corrected chi connectivity index (χ3v) is 5.26. The number of amides is 2. The van der Waals surface area contributed by atoms with Gasteiger partial charge in [0.05, 0.1) is 0 Å². The topological polar surface area (TPSA) is 62.3 Å². The van der Waals surface area contributed by atoms with E-state index in [1.807, 2.05) is 4.90 Å². The molecule has 1 saturated heterocycles. The number of hydrogen-bond donors (Lipinski definition) is 1. The van der Waals surface area contributed by atoms with Crippen LogP contribution in [0.5, 0.6) is 0 Å². The van der Waals surface area contributed by atoms with Crippen molar-refractivity contribution >= 4 is 39.6 Å². The molecule has 2 aromatic heterocycles. The largest absolute Gasteiger partial charge is 0.337 e. The average Bonchev–Trinajstić information content (AvgIpc) is 3.17. The summed E-state index contributed by atoms with van der Waals surface area (Å²) in [7, 11) is 0. The highest BCUT2D eigenvalue weighted by molar-refractivity contribution is 7.14. The minimum absolute atomic E-state index is 0.0448. The van der Waals surface area contributed by atoms with Crippen LogP contribution in [-0.4, -0.2) is 34.8 Å². The summed E-state index contributed by atoms with van der Waals surface area (Å²) >= 11 is 3.00. The number of anilines is 1. The van der Waals surface area contributed by atoms with Crippen LogP contribution in [0.15, 0.2) is 22.2 Å². The molecular formula is C15H17N3O2S2. The van der Waals surface area contributed by atoms with Crippen LogP contribution in [0.1, 0.15) is 41.7 Å². The van der Waals surface area contributed by atoms with Crippen molar-refractivity contribution < 1.29 is 9.59 Å². The number of carbonyl (C=O) groups is 2. The third kappa shape index (κ3) is 3.36. The summed E-state index contributed by atoms with van der Waals surface area (Å²) in [6, 6.07) is 2.17. The predicted molar refractivity (Wildman–Crippen MR) is 88.6 cm³/mol. The van der Waals surface area contributed by atoms with Gasteiger partial charge in [0, 0.05) is 25.4 Å². The number of thiazole rings is 1. The molecule has 116 valence electrons. The maximum atomic E-state index is 12.5. The molecule has 3 heterocycles. The Morgan fingerprint density at radius 1 is 1.32 bits per heavy atom. The molecule has 0 bridgehead atoms. The molecule has 2 aromatic rings. The first-order valence-corrected chi connectivity index (χ1v) is 9.00. The van der Waals surface area contributed by atoms with E-state index in [1.54, 1.807) is 16.7 Å². The van der Waals surface area contributed by atoms with Gasteiger partial charge in [-0.3, -0.25) is 9.59 Å². The van der Waals surface area contributed by atoms with Gasteiger partial charge >= 0.3 is 0 Å². The monoisotopic (exact) mass is 335 g/mol. The van der Waals surface area contributed by atoms with Crippen LogP contribution in [0.4, 0.5) is 5.13 Å². The first kappa shape index (κ1) is 15.2. The minimum Gasteiger partial charge on any atom is -0.337 e. The number of nitrogens with zero attached hydrogens (tertiary/aromatic N) is 2. The van der Waals surface area contributed by atoms with Crippen LogP contribution in [-0.2, 0) is 4.79 Å². The van der Waals surface area contributed by atoms with Crippen LogP contribution in [0.3, 0.4) is 0 Å². The number of likely N-dealkylation sites (tertiary alicyclic amines) is 1. The van der Waals surface area contributed by atoms with E-state index >= 15 is 0 Å². The van der Waals surface area contributed by atoms with Crippen molar-refractivity contribution in [1.82, 2.24) is 9.88 Å². The highest BCUT2D eigenvalue weighted by Crippen LogP contribution is 2.30. The maximum absolute atomic E-state index is 12.5. The van der Waals surface area contributed by atoms with E-state index in [1.165, 1.54) is 23.8 Å². The van der Waals surface area contributed by atoms with Crippen molar-refractivity contribution in [2.24, 2.45) is 0 Å². The Hall–Kier alpha value is -1.73. The highest BCUT2D eigenvalue weighted by Gasteiger charge is 2.26. The molecule has 0 unspecified atom stereocenters. The van der Waals surface area contributed by atoms with Crippen LogP contribution < -0.4 is 5.32 Å². The third-order valence-electron chi connectivity index (χ3n) is 3.80. The Balaban J connectivity index is 1.60. The van der Waals surface area contributed by atoms with Gasteiger partial charge in [-0.25, -0.2) is 4.98 Å². The summed E-state index contributed by atoms with van der Waals surface area (Å²) < 4.78 is 0. The normalized spacial score (nSPS) is 15.8. The average molecular weight is 335 g/mol. The van der Waals surface area contributed by atoms with Crippen molar-refractivity contribution in [1.29, 1.82) is 0 Å². The lowest BCUT2D eigenvalue weighted by Crippen LogP contribution is -2.38. The molecule has 1 N–H and O–H groups in total. The van der Waals surface area contributed by atoms with E-state index in [2.05, 4.69) is 27.1 Å². The molecular weight excluding hydrogens is 318 g/mol. The number of hydrogen-bond acceptors (Lipinski definition) is 5. The predicted octanol–water partition coefficient (Wildman–Crippen LogP) is 3.18. The summed E-state index contributed by atoms with van der Waals surface area (Å²) in [5, 5.41) is 9.09. The Kier molecular flexibility index (Phi) is 4.54. The molecule has 1 aliphatic rings. The smallest absolute Gasteiger partial charge is 0.273 e. The molecule has 5 nitrogen and oxygen atoms in total. The van der Waals surface area contributed by atoms with Gasteiger partial charge in [0.15, 0.2) is 5.13 Å². The summed E-state index contributed by atoms with van der Waals surface area (Å²) in [6.45, 7) is 2.94. The number of aromatic nitrogens is 1. The molecule has 1 fully saturated rings. The van der Waals surface area contributed by atoms with Gasteiger partial charge in [-0.05, 0) is 41.1 Å². The second-order valence-electron chi connectivity index (χ2n) is 5.34. The van der Waals surface area contributed by atoms with E-state index in [9.17, 15) is 9.59 Å². The van der Waals surface area contributed by atoms with Crippen molar-refractivity contribution in [3.05, 3.63) is 33.5 Å². The summed E-state index contributed by atoms with van der Waals surface area (Å²) in [5.41, 5.74) is 1.81. The molecule has 0 spiro atoms. The number of rotatable bonds is 3. The standard InChI is InChI=1S/C15H17N3O2S2/c1-10(19)16-15-17-13(9-22-15)14(20)18-5-2-11(3-6-18)12-4-7-21-8-12/h4,7-9,11H,2-3,5-6H2,1H3,(H,16,17,19). The molecule has 0 aromatic carbocycles. The molecule has 0 saturated carbocycles. The van der Waals surface area contributed by atoms with Gasteiger partial charge in [-0.1, -0.05) is 0 Å². The number of piperidine rings is 1. The highest BCUT2D eigenvalue weighted by atomic mass is 32.1. The second kappa shape index (κ2) is 6.58. The van der Waals surface area contributed by atoms with E-state index in [4.69, 9.17) is 0 Å². The van der Waals surface area contributed by atoms with Gasteiger partial charge in [0.25, 0.3) is 5.91 Å². The Labute approximate surface area is 137 Å². The number of nitrogens with one attached hydrogen (secondary N) is 1. The zero-order valence-electron chi connectivity index (χ0n) is 12.2. The molecule has 22 heavy (non-hydrogen) atoms. The molecule has 3 rings (SSSR count). The van der Waals surface area contributed by atoms with Crippen LogP contribution in [0.25, 0.3) is 0 Å². The van der Waals surface area contributed by atoms with Crippen LogP contribution in [0.2, 0.25) is 0 Å². The second-order valence-corrected chi connectivity index (χ2v) is 6.98.